The molecule has 1 saturated heterocycles. The molecule has 8 heteroatoms. The third kappa shape index (κ3) is 6.36. The topological polar surface area (TPSA) is 79.0 Å². The van der Waals surface area contributed by atoms with E-state index >= 15 is 0 Å². The molecule has 0 aromatic heterocycles. The number of carbonyl (C=O) groups excluding carboxylic acids is 1. The Kier molecular flexibility index (Phi) is 7.97. The van der Waals surface area contributed by atoms with Gasteiger partial charge in [0.25, 0.3) is 5.91 Å². The second-order valence-corrected chi connectivity index (χ2v) is 10.2. The molecule has 0 saturated carbocycles. The van der Waals surface area contributed by atoms with Gasteiger partial charge in [-0.2, -0.15) is 4.31 Å². The molecule has 1 fully saturated rings. The summed E-state index contributed by atoms with van der Waals surface area (Å²) in [5.74, 6) is 0.465. The Hall–Kier alpha value is -3.46. The maximum atomic E-state index is 12.8. The van der Waals surface area contributed by atoms with Crippen LogP contribution in [0.1, 0.15) is 15.9 Å². The lowest BCUT2D eigenvalue weighted by atomic mass is 10.1. The molecule has 1 heterocycles. The molecule has 0 atom stereocenters. The van der Waals surface area contributed by atoms with Gasteiger partial charge in [-0.1, -0.05) is 49.1 Å². The summed E-state index contributed by atoms with van der Waals surface area (Å²) in [6.45, 7) is 6.93. The molecule has 3 aromatic carbocycles. The highest BCUT2D eigenvalue weighted by Gasteiger charge is 2.28. The van der Waals surface area contributed by atoms with Crippen LogP contribution in [0.3, 0.4) is 0 Å². The van der Waals surface area contributed by atoms with Gasteiger partial charge in [-0.25, -0.2) is 8.42 Å². The van der Waals surface area contributed by atoms with E-state index in [0.29, 0.717) is 61.2 Å². The van der Waals surface area contributed by atoms with Gasteiger partial charge in [0.15, 0.2) is 0 Å². The third-order valence-corrected chi connectivity index (χ3v) is 7.71. The van der Waals surface area contributed by atoms with E-state index in [9.17, 15) is 13.2 Å². The molecule has 1 aliphatic heterocycles. The Labute approximate surface area is 206 Å². The van der Waals surface area contributed by atoms with E-state index in [1.54, 1.807) is 52.8 Å². The monoisotopic (exact) mass is 491 g/mol. The van der Waals surface area contributed by atoms with Crippen LogP contribution < -0.4 is 10.1 Å². The van der Waals surface area contributed by atoms with Gasteiger partial charge in [-0.3, -0.25) is 9.69 Å². The van der Waals surface area contributed by atoms with E-state index in [4.69, 9.17) is 4.74 Å². The van der Waals surface area contributed by atoms with E-state index in [1.165, 1.54) is 0 Å². The highest BCUT2D eigenvalue weighted by Crippen LogP contribution is 2.20. The molecule has 35 heavy (non-hydrogen) atoms. The van der Waals surface area contributed by atoms with Gasteiger partial charge in [0.1, 0.15) is 12.4 Å². The number of benzene rings is 3. The predicted molar refractivity (Wildman–Crippen MR) is 137 cm³/mol. The Morgan fingerprint density at radius 1 is 0.943 bits per heavy atom. The summed E-state index contributed by atoms with van der Waals surface area (Å²) in [6.07, 6.45) is 1.67. The van der Waals surface area contributed by atoms with Crippen molar-refractivity contribution >= 4 is 21.6 Å². The van der Waals surface area contributed by atoms with Crippen LogP contribution in [-0.2, 0) is 16.6 Å². The molecule has 0 aliphatic carbocycles. The maximum absolute atomic E-state index is 12.8. The fourth-order valence-corrected chi connectivity index (χ4v) is 5.35. The van der Waals surface area contributed by atoms with Gasteiger partial charge in [0.2, 0.25) is 10.0 Å². The van der Waals surface area contributed by atoms with E-state index in [2.05, 4.69) is 16.8 Å². The molecule has 4 rings (SSSR count). The van der Waals surface area contributed by atoms with E-state index in [1.807, 2.05) is 36.4 Å². The summed E-state index contributed by atoms with van der Waals surface area (Å²) < 4.78 is 32.7. The summed E-state index contributed by atoms with van der Waals surface area (Å²) in [6, 6.07) is 23.3. The van der Waals surface area contributed by atoms with Crippen molar-refractivity contribution in [3.05, 3.63) is 103 Å². The molecule has 0 spiro atoms. The van der Waals surface area contributed by atoms with Gasteiger partial charge in [-0.15, -0.1) is 0 Å². The molecule has 1 amide bonds. The van der Waals surface area contributed by atoms with Crippen molar-refractivity contribution in [3.63, 3.8) is 0 Å². The third-order valence-electron chi connectivity index (χ3n) is 5.79. The Balaban J connectivity index is 1.30. The number of anilines is 1. The second-order valence-electron chi connectivity index (χ2n) is 8.27. The zero-order valence-electron chi connectivity index (χ0n) is 19.5. The number of ether oxygens (including phenoxy) is 1. The number of hydrogen-bond acceptors (Lipinski definition) is 5. The van der Waals surface area contributed by atoms with Crippen LogP contribution >= 0.6 is 0 Å². The molecule has 0 bridgehead atoms. The highest BCUT2D eigenvalue weighted by atomic mass is 32.2. The Bertz CT molecular complexity index is 1250. The van der Waals surface area contributed by atoms with Crippen LogP contribution in [0.5, 0.6) is 5.75 Å². The van der Waals surface area contributed by atoms with Crippen molar-refractivity contribution in [3.8, 4) is 5.75 Å². The number of amides is 1. The molecule has 1 aliphatic rings. The maximum Gasteiger partial charge on any atom is 0.255 e. The minimum absolute atomic E-state index is 0.197. The number of nitrogens with zero attached hydrogens (tertiary/aromatic N) is 2. The van der Waals surface area contributed by atoms with Crippen LogP contribution in [0.15, 0.2) is 96.4 Å². The van der Waals surface area contributed by atoms with Crippen molar-refractivity contribution < 1.29 is 17.9 Å². The minimum Gasteiger partial charge on any atom is -0.489 e. The lowest BCUT2D eigenvalue weighted by molar-refractivity contribution is 0.102. The second kappa shape index (κ2) is 11.3. The van der Waals surface area contributed by atoms with Gasteiger partial charge < -0.3 is 10.1 Å². The predicted octanol–water partition coefficient (Wildman–Crippen LogP) is 4.01. The van der Waals surface area contributed by atoms with Crippen molar-refractivity contribution in [1.29, 1.82) is 0 Å². The van der Waals surface area contributed by atoms with Crippen LogP contribution in [0, 0.1) is 0 Å². The van der Waals surface area contributed by atoms with Crippen molar-refractivity contribution in [2.45, 2.75) is 11.4 Å². The zero-order valence-corrected chi connectivity index (χ0v) is 20.3. The number of rotatable bonds is 9. The molecule has 1 N–H and O–H groups in total. The first-order chi connectivity index (χ1) is 17.0. The average Bonchev–Trinajstić information content (AvgIpc) is 2.89. The van der Waals surface area contributed by atoms with Crippen LogP contribution in [-0.4, -0.2) is 56.3 Å². The molecule has 0 radical (unpaired) electrons. The van der Waals surface area contributed by atoms with Crippen molar-refractivity contribution in [2.75, 3.05) is 38.1 Å². The van der Waals surface area contributed by atoms with Crippen LogP contribution in [0.4, 0.5) is 5.69 Å². The van der Waals surface area contributed by atoms with E-state index in [-0.39, 0.29) is 5.91 Å². The number of carbonyl (C=O) groups is 1. The summed E-state index contributed by atoms with van der Waals surface area (Å²) in [5.41, 5.74) is 2.29. The number of sulfonamides is 1. The summed E-state index contributed by atoms with van der Waals surface area (Å²) >= 11 is 0. The van der Waals surface area contributed by atoms with Crippen molar-refractivity contribution in [1.82, 2.24) is 9.21 Å². The first-order valence-electron chi connectivity index (χ1n) is 11.5. The smallest absolute Gasteiger partial charge is 0.255 e. The number of piperazine rings is 1. The molecule has 182 valence electrons. The zero-order chi connectivity index (χ0) is 24.7. The molecular formula is C27H29N3O4S. The minimum atomic E-state index is -3.46. The van der Waals surface area contributed by atoms with Gasteiger partial charge in [0, 0.05) is 50.0 Å². The Morgan fingerprint density at radius 3 is 2.34 bits per heavy atom. The number of hydrogen-bond donors (Lipinski definition) is 1. The fourth-order valence-electron chi connectivity index (χ4n) is 3.91. The molecule has 0 unspecified atom stereocenters. The quantitative estimate of drug-likeness (QED) is 0.458. The Morgan fingerprint density at radius 2 is 1.66 bits per heavy atom. The van der Waals surface area contributed by atoms with E-state index < -0.39 is 10.0 Å². The molecule has 3 aromatic rings. The largest absolute Gasteiger partial charge is 0.489 e. The van der Waals surface area contributed by atoms with Gasteiger partial charge in [0.05, 0.1) is 4.90 Å². The summed E-state index contributed by atoms with van der Waals surface area (Å²) in [7, 11) is -3.46. The average molecular weight is 492 g/mol. The normalized spacial score (nSPS) is 14.9. The SMILES string of the molecule is C=CCOc1cccc(NC(=O)c2ccc(CN3CCN(S(=O)(=O)c4ccccc4)CC3)cc2)c1. The standard InChI is InChI=1S/C27H29N3O4S/c1-2-19-34-25-8-6-7-24(20-25)28-27(31)23-13-11-22(12-14-23)21-29-15-17-30(18-16-29)35(32,33)26-9-4-3-5-10-26/h2-14,20H,1,15-19,21H2,(H,28,31). The van der Waals surface area contributed by atoms with Crippen LogP contribution in [0.2, 0.25) is 0 Å². The highest BCUT2D eigenvalue weighted by molar-refractivity contribution is 7.89. The first-order valence-corrected chi connectivity index (χ1v) is 12.9. The lowest BCUT2D eigenvalue weighted by Gasteiger charge is -2.34. The van der Waals surface area contributed by atoms with Gasteiger partial charge >= 0.3 is 0 Å². The summed E-state index contributed by atoms with van der Waals surface area (Å²) in [5, 5.41) is 2.89. The van der Waals surface area contributed by atoms with E-state index in [0.717, 1.165) is 5.56 Å². The number of nitrogens with one attached hydrogen (secondary N) is 1. The summed E-state index contributed by atoms with van der Waals surface area (Å²) in [4.78, 5) is 15.2. The first kappa shape index (κ1) is 24.7. The lowest BCUT2D eigenvalue weighted by Crippen LogP contribution is -2.48. The van der Waals surface area contributed by atoms with Crippen LogP contribution in [0.25, 0.3) is 0 Å². The van der Waals surface area contributed by atoms with Gasteiger partial charge in [-0.05, 0) is 42.0 Å². The molecular weight excluding hydrogens is 462 g/mol. The van der Waals surface area contributed by atoms with Crippen molar-refractivity contribution in [2.24, 2.45) is 0 Å². The molecule has 7 nitrogen and oxygen atoms in total. The fraction of sp³-hybridized carbons (Fsp3) is 0.222.